The van der Waals surface area contributed by atoms with Gasteiger partial charge in [-0.15, -0.1) is 0 Å². The lowest BCUT2D eigenvalue weighted by molar-refractivity contribution is 0.0940. The van der Waals surface area contributed by atoms with Crippen LogP contribution in [0, 0.1) is 17.5 Å². The van der Waals surface area contributed by atoms with Crippen molar-refractivity contribution in [3.8, 4) is 67.9 Å². The highest BCUT2D eigenvalue weighted by Gasteiger charge is 2.35. The molecule has 2 saturated carbocycles. The van der Waals surface area contributed by atoms with Crippen LogP contribution in [0.15, 0.2) is 211 Å². The summed E-state index contributed by atoms with van der Waals surface area (Å²) in [4.78, 5) is 80.1. The van der Waals surface area contributed by atoms with Crippen LogP contribution in [-0.2, 0) is 19.3 Å². The Kier molecular flexibility index (Phi) is 31.4. The number of amides is 2. The summed E-state index contributed by atoms with van der Waals surface area (Å²) in [5, 5.41) is 10.5. The van der Waals surface area contributed by atoms with Gasteiger partial charge in [-0.1, -0.05) is 125 Å². The molecule has 0 spiro atoms. The molecular formula is C89H100ClF3N18O3S2. The van der Waals surface area contributed by atoms with E-state index in [1.54, 1.807) is 91.4 Å². The fraction of sp³-hybridized carbons (Fsp3) is 0.326. The molecule has 604 valence electrons. The lowest BCUT2D eigenvalue weighted by Gasteiger charge is -2.26. The zero-order chi connectivity index (χ0) is 80.7. The number of hydrogen-bond acceptors (Lipinski definition) is 18. The van der Waals surface area contributed by atoms with Gasteiger partial charge in [-0.2, -0.15) is 0 Å². The van der Waals surface area contributed by atoms with Crippen molar-refractivity contribution in [3.63, 3.8) is 0 Å². The average Bonchev–Trinajstić information content (AvgIpc) is 1.61. The van der Waals surface area contributed by atoms with Crippen molar-refractivity contribution < 1.29 is 27.6 Å². The largest absolute Gasteiger partial charge is 0.351 e. The summed E-state index contributed by atoms with van der Waals surface area (Å²) in [6.45, 7) is 11.6. The summed E-state index contributed by atoms with van der Waals surface area (Å²) in [6.07, 6.45) is 21.7. The topological polar surface area (TPSA) is 273 Å². The number of benzene rings is 6. The van der Waals surface area contributed by atoms with Crippen LogP contribution in [0.25, 0.3) is 67.9 Å². The maximum Gasteiger partial charge on any atom is 0.252 e. The van der Waals surface area contributed by atoms with Crippen LogP contribution in [0.4, 0.5) is 19.1 Å². The van der Waals surface area contributed by atoms with Gasteiger partial charge in [-0.05, 0) is 210 Å². The molecule has 0 bridgehead atoms. The Hall–Kier alpha value is -10.7. The molecular weight excluding hydrogens is 1530 g/mol. The minimum Gasteiger partial charge on any atom is -0.351 e. The van der Waals surface area contributed by atoms with Gasteiger partial charge in [0.2, 0.25) is 5.95 Å². The third-order valence-electron chi connectivity index (χ3n) is 20.8. The second kappa shape index (κ2) is 42.2. The number of nitrogens with one attached hydrogen (secondary N) is 3. The van der Waals surface area contributed by atoms with Gasteiger partial charge < -0.3 is 46.0 Å². The molecule has 6 aromatic heterocycles. The second-order valence-corrected chi connectivity index (χ2v) is 30.0. The molecule has 6 aromatic carbocycles. The minimum absolute atomic E-state index is 0. The van der Waals surface area contributed by atoms with E-state index >= 15 is 0 Å². The lowest BCUT2D eigenvalue weighted by atomic mass is 9.93. The SMILES string of the molecule is C.CCN(CC)CC.CSc1nccc(-c2c(-c3ccc(F)cc3)nc3n2[C@H](CN)CC3)n1.CSc1nccc(-c2c(-c3ccc(F)cc3)nc3n2[C@H](CNC(=O)c2ccccc2)CC3)n1.NC1CCC1.O=C(Cl)c1ccccc1.O=C(NC[C@@H]1CCc2nc(-c3ccc(F)cc3)c(-c3ccnc(NC4CCC4)n3)n21)c1ccccc1. The molecule has 7 N–H and O–H groups in total. The molecule has 2 fully saturated rings. The monoisotopic (exact) mass is 1620 g/mol. The number of fused-ring (bicyclic) bond motifs is 3. The fourth-order valence-corrected chi connectivity index (χ4v) is 15.0. The van der Waals surface area contributed by atoms with E-state index in [2.05, 4.69) is 75.3 Å². The highest BCUT2D eigenvalue weighted by molar-refractivity contribution is 7.98. The van der Waals surface area contributed by atoms with Gasteiger partial charge in [0.05, 0.1) is 63.3 Å². The predicted octanol–water partition coefficient (Wildman–Crippen LogP) is 17.7. The van der Waals surface area contributed by atoms with Gasteiger partial charge in [-0.3, -0.25) is 14.4 Å². The lowest BCUT2D eigenvalue weighted by Crippen LogP contribution is -2.30. The standard InChI is InChI=1S/C28H27FN6O.C25H22FN5OS.C18H18FN5S.C7H5ClO.C6H15N.C4H9N.CH4/c29-20-11-9-18(10-12-20)25-26(23-15-16-30-28(33-23)32-21-7-4-8-21)35-22(13-14-24(35)34-25)17-31-27(36)19-5-2-1-3-6-19;1-33-25-27-14-13-20(29-25)23-22(16-7-9-18(26)10-8-16)30-21-12-11-19(31(21)23)15-28-24(32)17-5-3-2-4-6-17;1-25-18-21-9-8-14(22-18)17-16(11-2-4-12(19)5-3-11)23-15-7-6-13(10-20)24(15)17;8-7(9)6-4-2-1-3-5-6;1-4-7(5-2)6-3;5-4-2-1-3-4;/h1-3,5-6,9-12,15-16,21-22H,4,7-8,13-14,17H2,(H,31,36)(H,30,32,33);2-10,13-14,19H,11-12,15H2,1H3,(H,28,32);2-5,8-9,13H,6-7,10,20H2,1H3;1-5H;4-6H2,1-3H3;4H,1-3,5H2;1H4/t22-;19-;13-;;;;/m000..../s1. The number of halogens is 4. The highest BCUT2D eigenvalue weighted by Crippen LogP contribution is 2.43. The van der Waals surface area contributed by atoms with E-state index in [4.69, 9.17) is 48.0 Å². The van der Waals surface area contributed by atoms with Crippen LogP contribution in [0.3, 0.4) is 0 Å². The molecule has 21 nitrogen and oxygen atoms in total. The summed E-state index contributed by atoms with van der Waals surface area (Å²) in [7, 11) is 0. The third-order valence-corrected chi connectivity index (χ3v) is 22.1. The van der Waals surface area contributed by atoms with Gasteiger partial charge in [-0.25, -0.2) is 58.0 Å². The Morgan fingerprint density at radius 2 is 0.810 bits per heavy atom. The number of hydrogen-bond donors (Lipinski definition) is 5. The van der Waals surface area contributed by atoms with E-state index in [-0.39, 0.29) is 54.8 Å². The number of rotatable bonds is 21. The van der Waals surface area contributed by atoms with E-state index in [0.29, 0.717) is 64.7 Å². The summed E-state index contributed by atoms with van der Waals surface area (Å²) < 4.78 is 47.2. The number of nitrogens with two attached hydrogens (primary N) is 2. The Morgan fingerprint density at radius 1 is 0.466 bits per heavy atom. The molecule has 27 heteroatoms. The van der Waals surface area contributed by atoms with Gasteiger partial charge >= 0.3 is 0 Å². The van der Waals surface area contributed by atoms with E-state index in [0.717, 1.165) is 137 Å². The average molecular weight is 1630 g/mol. The number of carbonyl (C=O) groups excluding carboxylic acids is 3. The van der Waals surface area contributed by atoms with Crippen LogP contribution < -0.4 is 27.4 Å². The maximum atomic E-state index is 13.7. The number of carbonyl (C=O) groups is 3. The number of thioether (sulfide) groups is 2. The Bertz CT molecular complexity index is 5160. The zero-order valence-electron chi connectivity index (χ0n) is 65.2. The van der Waals surface area contributed by atoms with Gasteiger partial charge in [0.25, 0.3) is 17.1 Å². The van der Waals surface area contributed by atoms with E-state index in [9.17, 15) is 27.6 Å². The van der Waals surface area contributed by atoms with Crippen molar-refractivity contribution in [2.45, 2.75) is 146 Å². The van der Waals surface area contributed by atoms with Crippen LogP contribution in [-0.4, -0.2) is 144 Å². The van der Waals surface area contributed by atoms with E-state index in [1.165, 1.54) is 105 Å². The molecule has 116 heavy (non-hydrogen) atoms. The van der Waals surface area contributed by atoms with Crippen LogP contribution >= 0.6 is 35.1 Å². The molecule has 2 aliphatic carbocycles. The van der Waals surface area contributed by atoms with E-state index < -0.39 is 5.24 Å². The molecule has 0 unspecified atom stereocenters. The molecule has 2 amide bonds. The first-order valence-electron chi connectivity index (χ1n) is 39.1. The van der Waals surface area contributed by atoms with Crippen LogP contribution in [0.1, 0.15) is 153 Å². The molecule has 17 rings (SSSR count). The number of nitrogens with zero attached hydrogens (tertiary/aromatic N) is 13. The van der Waals surface area contributed by atoms with Crippen molar-refractivity contribution >= 4 is 58.1 Å². The zero-order valence-corrected chi connectivity index (χ0v) is 67.6. The third kappa shape index (κ3) is 21.9. The molecule has 5 aliphatic rings. The number of aromatic nitrogens is 12. The van der Waals surface area contributed by atoms with Gasteiger partial charge in [0.1, 0.15) is 34.9 Å². The van der Waals surface area contributed by atoms with Crippen molar-refractivity contribution in [3.05, 3.63) is 252 Å². The summed E-state index contributed by atoms with van der Waals surface area (Å²) >= 11 is 8.13. The van der Waals surface area contributed by atoms with Crippen molar-refractivity contribution in [2.75, 3.05) is 57.1 Å². The first-order valence-corrected chi connectivity index (χ1v) is 41.9. The van der Waals surface area contributed by atoms with Crippen molar-refractivity contribution in [1.82, 2.24) is 74.1 Å². The smallest absolute Gasteiger partial charge is 0.252 e. The molecule has 9 heterocycles. The fourth-order valence-electron chi connectivity index (χ4n) is 14.1. The quantitative estimate of drug-likeness (QED) is 0.0254. The minimum atomic E-state index is -0.407. The van der Waals surface area contributed by atoms with Crippen molar-refractivity contribution in [2.24, 2.45) is 11.5 Å². The molecule has 3 atom stereocenters. The van der Waals surface area contributed by atoms with Gasteiger partial charge in [0, 0.05) is 109 Å². The van der Waals surface area contributed by atoms with E-state index in [1.807, 2.05) is 85.3 Å². The van der Waals surface area contributed by atoms with Gasteiger partial charge in [0.15, 0.2) is 10.3 Å². The first-order chi connectivity index (χ1) is 56.0. The number of anilines is 1. The molecule has 0 radical (unpaired) electrons. The summed E-state index contributed by atoms with van der Waals surface area (Å²) in [5.41, 5.74) is 23.0. The van der Waals surface area contributed by atoms with Crippen molar-refractivity contribution in [1.29, 1.82) is 0 Å². The van der Waals surface area contributed by atoms with Crippen LogP contribution in [0.2, 0.25) is 0 Å². The number of aryl methyl sites for hydroxylation is 3. The predicted molar refractivity (Wildman–Crippen MR) is 458 cm³/mol. The molecule has 0 saturated heterocycles. The second-order valence-electron chi connectivity index (χ2n) is 28.1. The summed E-state index contributed by atoms with van der Waals surface area (Å²) in [5.74, 6) is 2.45. The Morgan fingerprint density at radius 3 is 1.12 bits per heavy atom. The molecule has 12 aromatic rings. The molecule has 3 aliphatic heterocycles. The highest BCUT2D eigenvalue weighted by atomic mass is 35.5. The Labute approximate surface area is 690 Å². The maximum absolute atomic E-state index is 13.7. The first kappa shape index (κ1) is 86.1. The number of imidazole rings is 3. The summed E-state index contributed by atoms with van der Waals surface area (Å²) in [6, 6.07) is 53.2. The Balaban J connectivity index is 0.000000152. The van der Waals surface area contributed by atoms with Crippen LogP contribution in [0.5, 0.6) is 0 Å². The normalized spacial score (nSPS) is 15.4.